The SMILES string of the molecule is Nc1ccc(C(=O)NC2(CO)CCCCC2)cc1F. The van der Waals surface area contributed by atoms with Crippen LogP contribution in [0.5, 0.6) is 0 Å². The number of nitrogens with two attached hydrogens (primary N) is 1. The lowest BCUT2D eigenvalue weighted by Crippen LogP contribution is -2.52. The zero-order valence-electron chi connectivity index (χ0n) is 10.8. The summed E-state index contributed by atoms with van der Waals surface area (Å²) < 4.78 is 13.3. The fourth-order valence-electron chi connectivity index (χ4n) is 2.53. The van der Waals surface area contributed by atoms with Crippen LogP contribution in [0.2, 0.25) is 0 Å². The average molecular weight is 266 g/mol. The Bertz CT molecular complexity index is 471. The van der Waals surface area contributed by atoms with Crippen LogP contribution in [0.3, 0.4) is 0 Å². The van der Waals surface area contributed by atoms with Crippen molar-refractivity contribution in [2.24, 2.45) is 0 Å². The van der Waals surface area contributed by atoms with Crippen LogP contribution in [0.1, 0.15) is 42.5 Å². The molecule has 5 heteroatoms. The minimum Gasteiger partial charge on any atom is -0.396 e. The smallest absolute Gasteiger partial charge is 0.251 e. The molecule has 4 nitrogen and oxygen atoms in total. The summed E-state index contributed by atoms with van der Waals surface area (Å²) in [5, 5.41) is 12.4. The van der Waals surface area contributed by atoms with Gasteiger partial charge in [-0.15, -0.1) is 0 Å². The Hall–Kier alpha value is -1.62. The fourth-order valence-corrected chi connectivity index (χ4v) is 2.53. The number of hydrogen-bond acceptors (Lipinski definition) is 3. The largest absolute Gasteiger partial charge is 0.396 e. The summed E-state index contributed by atoms with van der Waals surface area (Å²) in [6.07, 6.45) is 4.60. The van der Waals surface area contributed by atoms with E-state index in [1.165, 1.54) is 12.1 Å². The van der Waals surface area contributed by atoms with Crippen molar-refractivity contribution in [1.82, 2.24) is 5.32 Å². The molecule has 4 N–H and O–H groups in total. The Morgan fingerprint density at radius 2 is 2.05 bits per heavy atom. The van der Waals surface area contributed by atoms with Gasteiger partial charge in [0.1, 0.15) is 5.82 Å². The van der Waals surface area contributed by atoms with Crippen molar-refractivity contribution in [3.63, 3.8) is 0 Å². The van der Waals surface area contributed by atoms with Crippen LogP contribution in [-0.4, -0.2) is 23.2 Å². The van der Waals surface area contributed by atoms with Crippen LogP contribution in [0.25, 0.3) is 0 Å². The Morgan fingerprint density at radius 1 is 1.37 bits per heavy atom. The molecule has 0 saturated heterocycles. The van der Waals surface area contributed by atoms with Gasteiger partial charge in [-0.3, -0.25) is 4.79 Å². The number of halogens is 1. The van der Waals surface area contributed by atoms with Gasteiger partial charge in [0.05, 0.1) is 17.8 Å². The van der Waals surface area contributed by atoms with E-state index >= 15 is 0 Å². The predicted molar refractivity (Wildman–Crippen MR) is 71.2 cm³/mol. The molecule has 0 unspecified atom stereocenters. The molecule has 0 aromatic heterocycles. The van der Waals surface area contributed by atoms with Crippen LogP contribution in [-0.2, 0) is 0 Å². The molecular weight excluding hydrogens is 247 g/mol. The number of nitrogen functional groups attached to an aromatic ring is 1. The summed E-state index contributed by atoms with van der Waals surface area (Å²) in [5.74, 6) is -0.968. The molecule has 0 radical (unpaired) electrons. The molecule has 1 aliphatic rings. The lowest BCUT2D eigenvalue weighted by molar-refractivity contribution is 0.0758. The van der Waals surface area contributed by atoms with Gasteiger partial charge in [0.2, 0.25) is 0 Å². The van der Waals surface area contributed by atoms with Crippen molar-refractivity contribution in [1.29, 1.82) is 0 Å². The van der Waals surface area contributed by atoms with E-state index in [0.29, 0.717) is 0 Å². The normalized spacial score (nSPS) is 18.0. The van der Waals surface area contributed by atoms with Gasteiger partial charge in [-0.2, -0.15) is 0 Å². The molecular formula is C14H19FN2O2. The monoisotopic (exact) mass is 266 g/mol. The first kappa shape index (κ1) is 13.8. The van der Waals surface area contributed by atoms with Crippen molar-refractivity contribution >= 4 is 11.6 Å². The Balaban J connectivity index is 2.12. The predicted octanol–water partition coefficient (Wildman–Crippen LogP) is 1.83. The minimum absolute atomic E-state index is 0.0195. The number of aliphatic hydroxyl groups excluding tert-OH is 1. The van der Waals surface area contributed by atoms with E-state index in [4.69, 9.17) is 5.73 Å². The van der Waals surface area contributed by atoms with E-state index in [0.717, 1.165) is 38.2 Å². The molecule has 1 fully saturated rings. The molecule has 19 heavy (non-hydrogen) atoms. The number of carbonyl (C=O) groups is 1. The molecule has 0 bridgehead atoms. The second kappa shape index (κ2) is 5.57. The lowest BCUT2D eigenvalue weighted by atomic mass is 9.82. The van der Waals surface area contributed by atoms with Crippen molar-refractivity contribution < 1.29 is 14.3 Å². The van der Waals surface area contributed by atoms with Crippen molar-refractivity contribution in [2.75, 3.05) is 12.3 Å². The molecule has 2 rings (SSSR count). The van der Waals surface area contributed by atoms with E-state index in [9.17, 15) is 14.3 Å². The maximum Gasteiger partial charge on any atom is 0.251 e. The van der Waals surface area contributed by atoms with E-state index in [1.54, 1.807) is 0 Å². The highest BCUT2D eigenvalue weighted by Gasteiger charge is 2.33. The third-order valence-corrected chi connectivity index (χ3v) is 3.75. The number of carbonyl (C=O) groups excluding carboxylic acids is 1. The third-order valence-electron chi connectivity index (χ3n) is 3.75. The number of amides is 1. The van der Waals surface area contributed by atoms with E-state index in [-0.39, 0.29) is 23.8 Å². The van der Waals surface area contributed by atoms with Gasteiger partial charge in [0.15, 0.2) is 0 Å². The van der Waals surface area contributed by atoms with Gasteiger partial charge in [0, 0.05) is 5.56 Å². The second-order valence-electron chi connectivity index (χ2n) is 5.19. The van der Waals surface area contributed by atoms with Crippen LogP contribution < -0.4 is 11.1 Å². The highest BCUT2D eigenvalue weighted by molar-refractivity contribution is 5.95. The molecule has 0 spiro atoms. The molecule has 0 heterocycles. The van der Waals surface area contributed by atoms with Gasteiger partial charge in [-0.1, -0.05) is 19.3 Å². The van der Waals surface area contributed by atoms with Crippen molar-refractivity contribution in [2.45, 2.75) is 37.6 Å². The highest BCUT2D eigenvalue weighted by Crippen LogP contribution is 2.28. The van der Waals surface area contributed by atoms with Crippen LogP contribution in [0.15, 0.2) is 18.2 Å². The number of anilines is 1. The average Bonchev–Trinajstić information content (AvgIpc) is 2.43. The fraction of sp³-hybridized carbons (Fsp3) is 0.500. The number of aliphatic hydroxyl groups is 1. The van der Waals surface area contributed by atoms with E-state index < -0.39 is 11.4 Å². The third kappa shape index (κ3) is 3.04. The van der Waals surface area contributed by atoms with Crippen molar-refractivity contribution in [3.05, 3.63) is 29.6 Å². The topological polar surface area (TPSA) is 75.4 Å². The summed E-state index contributed by atoms with van der Waals surface area (Å²) in [6, 6.07) is 3.98. The Labute approximate surface area is 111 Å². The molecule has 1 saturated carbocycles. The summed E-state index contributed by atoms with van der Waals surface area (Å²) in [7, 11) is 0. The van der Waals surface area contributed by atoms with Gasteiger partial charge < -0.3 is 16.2 Å². The zero-order valence-corrected chi connectivity index (χ0v) is 10.8. The van der Waals surface area contributed by atoms with Crippen LogP contribution in [0, 0.1) is 5.82 Å². The number of rotatable bonds is 3. The molecule has 0 atom stereocenters. The second-order valence-corrected chi connectivity index (χ2v) is 5.19. The first-order valence-corrected chi connectivity index (χ1v) is 6.55. The Kier molecular flexibility index (Phi) is 4.04. The van der Waals surface area contributed by atoms with Gasteiger partial charge in [-0.05, 0) is 31.0 Å². The quantitative estimate of drug-likeness (QED) is 0.731. The van der Waals surface area contributed by atoms with Crippen LogP contribution in [0.4, 0.5) is 10.1 Å². The summed E-state index contributed by atoms with van der Waals surface area (Å²) in [6.45, 7) is -0.0871. The first-order valence-electron chi connectivity index (χ1n) is 6.55. The first-order chi connectivity index (χ1) is 9.06. The van der Waals surface area contributed by atoms with Crippen LogP contribution >= 0.6 is 0 Å². The molecule has 1 aromatic rings. The molecule has 1 aliphatic carbocycles. The molecule has 1 amide bonds. The maximum atomic E-state index is 13.3. The van der Waals surface area contributed by atoms with Gasteiger partial charge in [-0.25, -0.2) is 4.39 Å². The van der Waals surface area contributed by atoms with E-state index in [1.807, 2.05) is 0 Å². The number of hydrogen-bond donors (Lipinski definition) is 3. The summed E-state index contributed by atoms with van der Waals surface area (Å²) in [5.41, 5.74) is 5.06. The van der Waals surface area contributed by atoms with Crippen molar-refractivity contribution in [3.8, 4) is 0 Å². The molecule has 1 aromatic carbocycles. The Morgan fingerprint density at radius 3 is 2.63 bits per heavy atom. The number of benzene rings is 1. The standard InChI is InChI=1S/C14H19FN2O2/c15-11-8-10(4-5-12(11)16)13(19)17-14(9-18)6-2-1-3-7-14/h4-5,8,18H,1-3,6-7,9,16H2,(H,17,19). The summed E-state index contributed by atoms with van der Waals surface area (Å²) >= 11 is 0. The minimum atomic E-state index is -0.602. The zero-order chi connectivity index (χ0) is 13.9. The number of nitrogens with one attached hydrogen (secondary N) is 1. The lowest BCUT2D eigenvalue weighted by Gasteiger charge is -2.36. The van der Waals surface area contributed by atoms with Gasteiger partial charge >= 0.3 is 0 Å². The molecule has 0 aliphatic heterocycles. The summed E-state index contributed by atoms with van der Waals surface area (Å²) in [4.78, 5) is 12.1. The highest BCUT2D eigenvalue weighted by atomic mass is 19.1. The maximum absolute atomic E-state index is 13.3. The van der Waals surface area contributed by atoms with E-state index in [2.05, 4.69) is 5.32 Å². The molecule has 104 valence electrons. The van der Waals surface area contributed by atoms with Gasteiger partial charge in [0.25, 0.3) is 5.91 Å².